The van der Waals surface area contributed by atoms with Gasteiger partial charge in [-0.1, -0.05) is 182 Å². The van der Waals surface area contributed by atoms with Gasteiger partial charge >= 0.3 is 0 Å². The Kier molecular flexibility index (Phi) is 7.92. The van der Waals surface area contributed by atoms with E-state index in [1.165, 1.54) is 71.7 Å². The summed E-state index contributed by atoms with van der Waals surface area (Å²) in [6, 6.07) is 76.6. The molecule has 0 fully saturated rings. The van der Waals surface area contributed by atoms with Gasteiger partial charge in [0.1, 0.15) is 0 Å². The Morgan fingerprint density at radius 1 is 0.255 bits per heavy atom. The lowest BCUT2D eigenvalue weighted by Crippen LogP contribution is -2.12. The van der Waals surface area contributed by atoms with Crippen molar-refractivity contribution in [3.63, 3.8) is 0 Å². The number of hydrogen-bond acceptors (Lipinski definition) is 1. The third-order valence-electron chi connectivity index (χ3n) is 9.85. The van der Waals surface area contributed by atoms with Gasteiger partial charge in [0.25, 0.3) is 0 Å². The van der Waals surface area contributed by atoms with E-state index in [0.29, 0.717) is 0 Å². The van der Waals surface area contributed by atoms with Crippen LogP contribution < -0.4 is 4.90 Å². The zero-order valence-electron chi connectivity index (χ0n) is 28.2. The maximum Gasteiger partial charge on any atom is 0.0624 e. The second-order valence-electron chi connectivity index (χ2n) is 12.9. The molecular formula is C50H35N. The number of nitrogens with zero attached hydrogens (tertiary/aromatic N) is 1. The maximum atomic E-state index is 2.44. The summed E-state index contributed by atoms with van der Waals surface area (Å²) in [4.78, 5) is 2.44. The molecule has 0 unspecified atom stereocenters. The van der Waals surface area contributed by atoms with Crippen molar-refractivity contribution in [2.24, 2.45) is 0 Å². The topological polar surface area (TPSA) is 3.24 Å². The van der Waals surface area contributed by atoms with E-state index in [1.54, 1.807) is 0 Å². The third kappa shape index (κ3) is 5.65. The molecule has 1 nitrogen and oxygen atoms in total. The first kappa shape index (κ1) is 30.4. The Morgan fingerprint density at radius 3 is 1.29 bits per heavy atom. The van der Waals surface area contributed by atoms with Crippen molar-refractivity contribution in [3.8, 4) is 44.5 Å². The van der Waals surface area contributed by atoms with Crippen molar-refractivity contribution in [2.75, 3.05) is 4.90 Å². The van der Waals surface area contributed by atoms with Crippen LogP contribution in [0.3, 0.4) is 0 Å². The number of benzene rings is 9. The lowest BCUT2D eigenvalue weighted by atomic mass is 9.89. The number of hydrogen-bond donors (Lipinski definition) is 0. The minimum absolute atomic E-state index is 1.10. The minimum Gasteiger partial charge on any atom is -0.309 e. The van der Waals surface area contributed by atoms with Crippen LogP contribution in [0.5, 0.6) is 0 Å². The van der Waals surface area contributed by atoms with Gasteiger partial charge in [0.2, 0.25) is 0 Å². The van der Waals surface area contributed by atoms with E-state index in [9.17, 15) is 0 Å². The molecule has 9 aromatic rings. The van der Waals surface area contributed by atoms with Crippen molar-refractivity contribution < 1.29 is 0 Å². The van der Waals surface area contributed by atoms with E-state index in [2.05, 4.69) is 217 Å². The van der Waals surface area contributed by atoms with Gasteiger partial charge in [-0.15, -0.1) is 0 Å². The second-order valence-corrected chi connectivity index (χ2v) is 12.9. The molecule has 0 N–H and O–H groups in total. The fraction of sp³-hybridized carbons (Fsp3) is 0. The molecule has 0 aliphatic heterocycles. The second kappa shape index (κ2) is 13.3. The summed E-state index contributed by atoms with van der Waals surface area (Å²) in [5.41, 5.74) is 13.1. The van der Waals surface area contributed by atoms with Crippen molar-refractivity contribution >= 4 is 38.6 Å². The van der Waals surface area contributed by atoms with Gasteiger partial charge in [-0.25, -0.2) is 0 Å². The maximum absolute atomic E-state index is 2.44. The van der Waals surface area contributed by atoms with Gasteiger partial charge in [0.05, 0.1) is 5.69 Å². The molecule has 0 spiro atoms. The third-order valence-corrected chi connectivity index (χ3v) is 9.85. The van der Waals surface area contributed by atoms with Crippen LogP contribution in [0.1, 0.15) is 0 Å². The van der Waals surface area contributed by atoms with E-state index in [0.717, 1.165) is 11.4 Å². The van der Waals surface area contributed by atoms with Crippen molar-refractivity contribution in [3.05, 3.63) is 212 Å². The monoisotopic (exact) mass is 649 g/mol. The Bertz CT molecular complexity index is 2590. The summed E-state index contributed by atoms with van der Waals surface area (Å²) in [5.74, 6) is 0. The standard InChI is InChI=1S/C50H35N/c1-5-17-37(18-6-1)43-34-31-40(35-48(43)38-19-7-2-8-20-38)36-29-32-42(33-30-36)51(41-23-11-4-12-24-41)50-47-28-16-14-26-45(47)44-25-13-15-27-46(44)49(50)39-21-9-3-10-22-39/h1-35H. The summed E-state index contributed by atoms with van der Waals surface area (Å²) < 4.78 is 0. The van der Waals surface area contributed by atoms with Crippen LogP contribution >= 0.6 is 0 Å². The molecule has 240 valence electrons. The molecule has 9 rings (SSSR count). The van der Waals surface area contributed by atoms with Gasteiger partial charge in [-0.2, -0.15) is 0 Å². The van der Waals surface area contributed by atoms with E-state index in [4.69, 9.17) is 0 Å². The smallest absolute Gasteiger partial charge is 0.0624 e. The van der Waals surface area contributed by atoms with E-state index in [1.807, 2.05) is 0 Å². The summed E-state index contributed by atoms with van der Waals surface area (Å²) in [6.45, 7) is 0. The average molecular weight is 650 g/mol. The van der Waals surface area contributed by atoms with Crippen molar-refractivity contribution in [2.45, 2.75) is 0 Å². The highest BCUT2D eigenvalue weighted by Crippen LogP contribution is 2.49. The van der Waals surface area contributed by atoms with Crippen LogP contribution in [0.2, 0.25) is 0 Å². The number of rotatable bonds is 7. The van der Waals surface area contributed by atoms with Crippen LogP contribution in [0.25, 0.3) is 66.1 Å². The summed E-state index contributed by atoms with van der Waals surface area (Å²) in [7, 11) is 0. The SMILES string of the molecule is c1ccc(-c2ccc(-c3ccc(N(c4ccccc4)c4c(-c5ccccc5)c5ccccc5c5ccccc45)cc3)cc2-c2ccccc2)cc1. The summed E-state index contributed by atoms with van der Waals surface area (Å²) in [6.07, 6.45) is 0. The molecule has 0 saturated heterocycles. The number of anilines is 3. The van der Waals surface area contributed by atoms with Crippen molar-refractivity contribution in [1.29, 1.82) is 0 Å². The predicted molar refractivity (Wildman–Crippen MR) is 218 cm³/mol. The largest absolute Gasteiger partial charge is 0.309 e. The molecule has 0 radical (unpaired) electrons. The zero-order chi connectivity index (χ0) is 34.0. The molecule has 9 aromatic carbocycles. The van der Waals surface area contributed by atoms with Gasteiger partial charge in [-0.3, -0.25) is 0 Å². The number of fused-ring (bicyclic) bond motifs is 3. The highest BCUT2D eigenvalue weighted by Gasteiger charge is 2.23. The molecule has 0 amide bonds. The molecule has 0 aliphatic carbocycles. The molecule has 1 heteroatoms. The molecular weight excluding hydrogens is 615 g/mol. The quantitative estimate of drug-likeness (QED) is 0.155. The average Bonchev–Trinajstić information content (AvgIpc) is 3.22. The fourth-order valence-electron chi connectivity index (χ4n) is 7.49. The predicted octanol–water partition coefficient (Wildman–Crippen LogP) is 14.1. The molecule has 0 saturated carbocycles. The Labute approximate surface area is 299 Å². The van der Waals surface area contributed by atoms with Crippen LogP contribution in [-0.4, -0.2) is 0 Å². The Balaban J connectivity index is 1.24. The highest BCUT2D eigenvalue weighted by molar-refractivity contribution is 6.22. The van der Waals surface area contributed by atoms with E-state index >= 15 is 0 Å². The Morgan fingerprint density at radius 2 is 0.686 bits per heavy atom. The summed E-state index contributed by atoms with van der Waals surface area (Å²) >= 11 is 0. The Hall–Kier alpha value is -6.70. The first-order valence-electron chi connectivity index (χ1n) is 17.5. The first-order valence-corrected chi connectivity index (χ1v) is 17.5. The summed E-state index contributed by atoms with van der Waals surface area (Å²) in [5, 5.41) is 4.95. The van der Waals surface area contributed by atoms with Crippen molar-refractivity contribution in [1.82, 2.24) is 0 Å². The fourth-order valence-corrected chi connectivity index (χ4v) is 7.49. The lowest BCUT2D eigenvalue weighted by molar-refractivity contribution is 1.30. The highest BCUT2D eigenvalue weighted by atomic mass is 15.1. The lowest BCUT2D eigenvalue weighted by Gasteiger charge is -2.30. The van der Waals surface area contributed by atoms with Gasteiger partial charge in [-0.05, 0) is 85.4 Å². The van der Waals surface area contributed by atoms with Crippen LogP contribution in [-0.2, 0) is 0 Å². The van der Waals surface area contributed by atoms with Crippen LogP contribution in [0.4, 0.5) is 17.1 Å². The van der Waals surface area contributed by atoms with E-state index in [-0.39, 0.29) is 0 Å². The molecule has 0 bridgehead atoms. The molecule has 0 atom stereocenters. The van der Waals surface area contributed by atoms with Gasteiger partial charge in [0.15, 0.2) is 0 Å². The molecule has 51 heavy (non-hydrogen) atoms. The van der Waals surface area contributed by atoms with Crippen LogP contribution in [0.15, 0.2) is 212 Å². The number of para-hydroxylation sites is 1. The molecule has 0 heterocycles. The van der Waals surface area contributed by atoms with Crippen LogP contribution in [0, 0.1) is 0 Å². The van der Waals surface area contributed by atoms with Gasteiger partial charge < -0.3 is 4.90 Å². The molecule has 0 aliphatic rings. The normalized spacial score (nSPS) is 11.1. The molecule has 0 aromatic heterocycles. The van der Waals surface area contributed by atoms with E-state index < -0.39 is 0 Å². The zero-order valence-corrected chi connectivity index (χ0v) is 28.2. The minimum atomic E-state index is 1.10. The van der Waals surface area contributed by atoms with Gasteiger partial charge in [0, 0.05) is 22.3 Å². The first-order chi connectivity index (χ1) is 25.3.